The molecule has 146 valence electrons. The van der Waals surface area contributed by atoms with Crippen LogP contribution in [0.5, 0.6) is 0 Å². The third-order valence-electron chi connectivity index (χ3n) is 5.52. The standard InChI is InChI=1S/C19H31ClN4O2/c1-17(2,3)26-16(25)24-18(4)9-10-19(24,5)12-13(11-18)23(6)15(22)8-7-14(20)21/h7-8,13,21-22H,9-12H2,1-6H3/b8-7-,21-14?,22-15?/t13?,18-,19+. The molecule has 2 N–H and O–H groups in total. The van der Waals surface area contributed by atoms with Crippen LogP contribution < -0.4 is 0 Å². The van der Waals surface area contributed by atoms with E-state index < -0.39 is 5.60 Å². The van der Waals surface area contributed by atoms with Crippen LogP contribution >= 0.6 is 11.6 Å². The number of rotatable bonds is 3. The third-order valence-corrected chi connectivity index (χ3v) is 5.65. The Morgan fingerprint density at radius 3 is 2.12 bits per heavy atom. The van der Waals surface area contributed by atoms with Crippen molar-refractivity contribution in [1.82, 2.24) is 9.80 Å². The first-order chi connectivity index (χ1) is 11.8. The Kier molecular flexibility index (Phi) is 5.48. The molecule has 0 aromatic heterocycles. The number of hydrogen-bond donors (Lipinski definition) is 2. The van der Waals surface area contributed by atoms with Crippen LogP contribution in [0.15, 0.2) is 12.2 Å². The summed E-state index contributed by atoms with van der Waals surface area (Å²) >= 11 is 5.54. The van der Waals surface area contributed by atoms with Crippen LogP contribution in [-0.4, -0.2) is 56.7 Å². The van der Waals surface area contributed by atoms with Crippen LogP contribution in [0.2, 0.25) is 0 Å². The van der Waals surface area contributed by atoms with Gasteiger partial charge in [-0.15, -0.1) is 0 Å². The van der Waals surface area contributed by atoms with Gasteiger partial charge >= 0.3 is 6.09 Å². The molecule has 0 radical (unpaired) electrons. The maximum atomic E-state index is 12.9. The van der Waals surface area contributed by atoms with Crippen molar-refractivity contribution in [3.05, 3.63) is 12.2 Å². The molecule has 0 spiro atoms. The zero-order chi connectivity index (χ0) is 19.9. The summed E-state index contributed by atoms with van der Waals surface area (Å²) in [5.41, 5.74) is -1.08. The van der Waals surface area contributed by atoms with Gasteiger partial charge in [0.2, 0.25) is 0 Å². The fourth-order valence-electron chi connectivity index (χ4n) is 4.38. The van der Waals surface area contributed by atoms with E-state index >= 15 is 0 Å². The fraction of sp³-hybridized carbons (Fsp3) is 0.737. The molecule has 1 unspecified atom stereocenters. The molecular formula is C19H31ClN4O2. The molecule has 2 aliphatic heterocycles. The van der Waals surface area contributed by atoms with Gasteiger partial charge in [0.25, 0.3) is 0 Å². The first-order valence-electron chi connectivity index (χ1n) is 9.04. The Hall–Kier alpha value is -1.56. The van der Waals surface area contributed by atoms with Crippen LogP contribution in [0.3, 0.4) is 0 Å². The fourth-order valence-corrected chi connectivity index (χ4v) is 4.44. The van der Waals surface area contributed by atoms with Gasteiger partial charge < -0.3 is 9.64 Å². The number of amides is 1. The second-order valence-electron chi connectivity index (χ2n) is 9.05. The summed E-state index contributed by atoms with van der Waals surface area (Å²) in [4.78, 5) is 16.7. The van der Waals surface area contributed by atoms with E-state index in [0.717, 1.165) is 25.7 Å². The van der Waals surface area contributed by atoms with Gasteiger partial charge in [0.1, 0.15) is 16.6 Å². The van der Waals surface area contributed by atoms with Crippen molar-refractivity contribution in [2.24, 2.45) is 0 Å². The number of hydrogen-bond acceptors (Lipinski definition) is 4. The van der Waals surface area contributed by atoms with E-state index in [-0.39, 0.29) is 28.4 Å². The smallest absolute Gasteiger partial charge is 0.411 e. The van der Waals surface area contributed by atoms with Crippen molar-refractivity contribution in [2.75, 3.05) is 7.05 Å². The molecule has 2 rings (SSSR count). The minimum absolute atomic E-state index is 0.0955. The molecule has 2 aliphatic rings. The number of allylic oxidation sites excluding steroid dienone is 1. The molecule has 0 aromatic rings. The third kappa shape index (κ3) is 4.22. The maximum Gasteiger partial charge on any atom is 0.411 e. The number of likely N-dealkylation sites (N-methyl/N-ethyl adjacent to an activating group) is 1. The van der Waals surface area contributed by atoms with E-state index in [1.807, 2.05) is 37.6 Å². The van der Waals surface area contributed by atoms with E-state index in [0.29, 0.717) is 5.84 Å². The number of halogens is 1. The Morgan fingerprint density at radius 2 is 1.69 bits per heavy atom. The van der Waals surface area contributed by atoms with E-state index in [2.05, 4.69) is 13.8 Å². The van der Waals surface area contributed by atoms with E-state index in [1.54, 1.807) is 6.08 Å². The normalized spacial score (nSPS) is 31.2. The van der Waals surface area contributed by atoms with E-state index in [1.165, 1.54) is 6.08 Å². The van der Waals surface area contributed by atoms with Crippen molar-refractivity contribution in [3.63, 3.8) is 0 Å². The Morgan fingerprint density at radius 1 is 1.19 bits per heavy atom. The van der Waals surface area contributed by atoms with Crippen molar-refractivity contribution in [1.29, 1.82) is 10.8 Å². The summed E-state index contributed by atoms with van der Waals surface area (Å²) < 4.78 is 5.68. The van der Waals surface area contributed by atoms with Crippen molar-refractivity contribution in [2.45, 2.75) is 83.0 Å². The number of piperidine rings is 1. The first kappa shape index (κ1) is 20.7. The van der Waals surface area contributed by atoms with Crippen LogP contribution in [0, 0.1) is 10.8 Å². The van der Waals surface area contributed by atoms with E-state index in [4.69, 9.17) is 27.2 Å². The van der Waals surface area contributed by atoms with Crippen molar-refractivity contribution < 1.29 is 9.53 Å². The first-order valence-corrected chi connectivity index (χ1v) is 9.42. The van der Waals surface area contributed by atoms with Gasteiger partial charge in [-0.2, -0.15) is 0 Å². The molecule has 1 amide bonds. The molecule has 26 heavy (non-hydrogen) atoms. The molecular weight excluding hydrogens is 352 g/mol. The lowest BCUT2D eigenvalue weighted by Gasteiger charge is -2.52. The second kappa shape index (κ2) is 6.87. The monoisotopic (exact) mass is 382 g/mol. The van der Waals surface area contributed by atoms with Crippen molar-refractivity contribution >= 4 is 28.7 Å². The number of amidine groups is 1. The molecule has 2 heterocycles. The maximum absolute atomic E-state index is 12.9. The molecule has 3 atom stereocenters. The van der Waals surface area contributed by atoms with Gasteiger partial charge in [-0.05, 0) is 72.5 Å². The number of carbonyl (C=O) groups is 1. The molecule has 2 fully saturated rings. The molecule has 0 saturated carbocycles. The average Bonchev–Trinajstić information content (AvgIpc) is 2.64. The summed E-state index contributed by atoms with van der Waals surface area (Å²) in [5.74, 6) is 0.317. The Bertz CT molecular complexity index is 622. The molecule has 2 saturated heterocycles. The number of nitrogens with one attached hydrogen (secondary N) is 2. The number of fused-ring (bicyclic) bond motifs is 2. The number of ether oxygens (including phenoxy) is 1. The van der Waals surface area contributed by atoms with Crippen molar-refractivity contribution in [3.8, 4) is 0 Å². The summed E-state index contributed by atoms with van der Waals surface area (Å²) in [6, 6.07) is 0.146. The van der Waals surface area contributed by atoms with Gasteiger partial charge in [0.15, 0.2) is 0 Å². The lowest BCUT2D eigenvalue weighted by molar-refractivity contribution is -0.0444. The Balaban J connectivity index is 2.20. The largest absolute Gasteiger partial charge is 0.444 e. The van der Waals surface area contributed by atoms with Gasteiger partial charge in [-0.1, -0.05) is 11.6 Å². The van der Waals surface area contributed by atoms with Gasteiger partial charge in [-0.3, -0.25) is 15.7 Å². The van der Waals surface area contributed by atoms with E-state index in [9.17, 15) is 4.79 Å². The van der Waals surface area contributed by atoms with Crippen LogP contribution in [0.25, 0.3) is 0 Å². The summed E-state index contributed by atoms with van der Waals surface area (Å²) in [5, 5.41) is 15.4. The highest BCUT2D eigenvalue weighted by molar-refractivity contribution is 6.67. The second-order valence-corrected chi connectivity index (χ2v) is 9.46. The average molecular weight is 383 g/mol. The predicted molar refractivity (Wildman–Crippen MR) is 105 cm³/mol. The van der Waals surface area contributed by atoms with Gasteiger partial charge in [0.05, 0.1) is 0 Å². The van der Waals surface area contributed by atoms with Gasteiger partial charge in [0, 0.05) is 24.2 Å². The minimum Gasteiger partial charge on any atom is -0.444 e. The highest BCUT2D eigenvalue weighted by Crippen LogP contribution is 2.51. The molecule has 6 nitrogen and oxygen atoms in total. The topological polar surface area (TPSA) is 80.5 Å². The van der Waals surface area contributed by atoms with Gasteiger partial charge in [-0.25, -0.2) is 4.79 Å². The predicted octanol–water partition coefficient (Wildman–Crippen LogP) is 4.38. The number of carbonyl (C=O) groups excluding carboxylic acids is 1. The molecule has 7 heteroatoms. The molecule has 2 bridgehead atoms. The molecule has 0 aromatic carbocycles. The Labute approximate surface area is 161 Å². The SMILES string of the molecule is CN(C(=N)/C=C\C(=N)Cl)C1C[C@]2(C)CC[C@](C)(C1)N2C(=O)OC(C)(C)C. The van der Waals surface area contributed by atoms with Crippen LogP contribution in [0.4, 0.5) is 4.79 Å². The minimum atomic E-state index is -0.518. The summed E-state index contributed by atoms with van der Waals surface area (Å²) in [6.07, 6.45) is 6.15. The van der Waals surface area contributed by atoms with Crippen LogP contribution in [0.1, 0.15) is 60.3 Å². The summed E-state index contributed by atoms with van der Waals surface area (Å²) in [6.45, 7) is 9.91. The lowest BCUT2D eigenvalue weighted by Crippen LogP contribution is -2.63. The zero-order valence-electron chi connectivity index (χ0n) is 16.6. The summed E-state index contributed by atoms with van der Waals surface area (Å²) in [7, 11) is 1.89. The quantitative estimate of drug-likeness (QED) is 0.561. The highest BCUT2D eigenvalue weighted by Gasteiger charge is 2.59. The lowest BCUT2D eigenvalue weighted by atomic mass is 9.82. The van der Waals surface area contributed by atoms with Crippen LogP contribution in [-0.2, 0) is 4.74 Å². The zero-order valence-corrected chi connectivity index (χ0v) is 17.4. The highest BCUT2D eigenvalue weighted by atomic mass is 35.5. The molecule has 0 aliphatic carbocycles. The number of nitrogens with zero attached hydrogens (tertiary/aromatic N) is 2.